The van der Waals surface area contributed by atoms with Crippen molar-refractivity contribution >= 4 is 17.5 Å². The Morgan fingerprint density at radius 3 is 2.52 bits per heavy atom. The monoisotopic (exact) mass is 307 g/mol. The van der Waals surface area contributed by atoms with Crippen LogP contribution in [0.25, 0.3) is 0 Å². The Kier molecular flexibility index (Phi) is 5.12. The van der Waals surface area contributed by atoms with Gasteiger partial charge in [0.15, 0.2) is 0 Å². The minimum Gasteiger partial charge on any atom is -0.399 e. The Labute approximate surface area is 117 Å². The van der Waals surface area contributed by atoms with E-state index in [9.17, 15) is 27.2 Å². The van der Waals surface area contributed by atoms with Gasteiger partial charge >= 0.3 is 6.18 Å². The predicted octanol–water partition coefficient (Wildman–Crippen LogP) is 1.16. The van der Waals surface area contributed by atoms with Gasteiger partial charge < -0.3 is 16.0 Å². The summed E-state index contributed by atoms with van der Waals surface area (Å²) in [6.45, 7) is -2.14. The van der Waals surface area contributed by atoms with E-state index in [2.05, 4.69) is 0 Å². The highest BCUT2D eigenvalue weighted by molar-refractivity contribution is 5.97. The summed E-state index contributed by atoms with van der Waals surface area (Å²) in [7, 11) is 1.16. The molecule has 0 spiro atoms. The van der Waals surface area contributed by atoms with Crippen LogP contribution < -0.4 is 11.1 Å². The number of benzene rings is 1. The van der Waals surface area contributed by atoms with Crippen molar-refractivity contribution in [3.63, 3.8) is 0 Å². The number of anilines is 1. The number of nitrogen functional groups attached to an aromatic ring is 1. The first kappa shape index (κ1) is 16.7. The van der Waals surface area contributed by atoms with E-state index in [1.165, 1.54) is 6.07 Å². The van der Waals surface area contributed by atoms with Crippen molar-refractivity contribution in [1.29, 1.82) is 0 Å². The summed E-state index contributed by atoms with van der Waals surface area (Å²) >= 11 is 0. The van der Waals surface area contributed by atoms with Gasteiger partial charge in [0.05, 0.1) is 12.1 Å². The van der Waals surface area contributed by atoms with E-state index in [1.54, 1.807) is 5.32 Å². The van der Waals surface area contributed by atoms with Gasteiger partial charge in [0.25, 0.3) is 5.91 Å². The molecule has 0 aliphatic heterocycles. The molecule has 0 fully saturated rings. The zero-order chi connectivity index (χ0) is 16.2. The summed E-state index contributed by atoms with van der Waals surface area (Å²) in [5.41, 5.74) is 5.21. The van der Waals surface area contributed by atoms with Crippen LogP contribution in [0.2, 0.25) is 0 Å². The maximum atomic E-state index is 13.5. The van der Waals surface area contributed by atoms with Crippen LogP contribution in [0.15, 0.2) is 18.2 Å². The number of hydrogen-bond acceptors (Lipinski definition) is 3. The van der Waals surface area contributed by atoms with E-state index in [0.29, 0.717) is 0 Å². The molecule has 0 heterocycles. The predicted molar refractivity (Wildman–Crippen MR) is 66.8 cm³/mol. The number of nitrogens with one attached hydrogen (secondary N) is 1. The average molecular weight is 307 g/mol. The summed E-state index contributed by atoms with van der Waals surface area (Å²) in [5.74, 6) is -2.70. The van der Waals surface area contributed by atoms with Gasteiger partial charge in [0, 0.05) is 12.7 Å². The van der Waals surface area contributed by atoms with Gasteiger partial charge in [-0.15, -0.1) is 0 Å². The molecule has 0 saturated heterocycles. The lowest BCUT2D eigenvalue weighted by atomic mass is 10.1. The molecule has 0 aliphatic rings. The van der Waals surface area contributed by atoms with Gasteiger partial charge in [-0.25, -0.2) is 4.39 Å². The van der Waals surface area contributed by atoms with Crippen molar-refractivity contribution in [2.24, 2.45) is 0 Å². The molecule has 0 aliphatic carbocycles. The lowest BCUT2D eigenvalue weighted by Crippen LogP contribution is -2.41. The van der Waals surface area contributed by atoms with Gasteiger partial charge in [-0.1, -0.05) is 0 Å². The Balaban J connectivity index is 2.66. The van der Waals surface area contributed by atoms with Crippen LogP contribution >= 0.6 is 0 Å². The maximum Gasteiger partial charge on any atom is 0.405 e. The molecular weight excluding hydrogens is 294 g/mol. The average Bonchev–Trinajstić information content (AvgIpc) is 2.37. The number of carbonyl (C=O) groups is 2. The quantitative estimate of drug-likeness (QED) is 0.647. The highest BCUT2D eigenvalue weighted by Gasteiger charge is 2.28. The summed E-state index contributed by atoms with van der Waals surface area (Å²) in [5, 5.41) is 1.61. The molecule has 0 saturated carbocycles. The minimum absolute atomic E-state index is 0.148. The smallest absolute Gasteiger partial charge is 0.399 e. The minimum atomic E-state index is -4.54. The molecule has 0 radical (unpaired) electrons. The van der Waals surface area contributed by atoms with E-state index in [-0.39, 0.29) is 11.3 Å². The van der Waals surface area contributed by atoms with Crippen molar-refractivity contribution in [1.82, 2.24) is 10.2 Å². The fourth-order valence-electron chi connectivity index (χ4n) is 1.45. The second-order valence-corrected chi connectivity index (χ2v) is 4.29. The number of rotatable bonds is 4. The molecule has 5 nitrogen and oxygen atoms in total. The van der Waals surface area contributed by atoms with Gasteiger partial charge in [-0.2, -0.15) is 13.2 Å². The van der Waals surface area contributed by atoms with Crippen molar-refractivity contribution < 1.29 is 27.2 Å². The molecule has 1 rings (SSSR count). The van der Waals surface area contributed by atoms with Crippen LogP contribution in [0.4, 0.5) is 23.2 Å². The normalized spacial score (nSPS) is 11.1. The van der Waals surface area contributed by atoms with Gasteiger partial charge in [0.1, 0.15) is 12.4 Å². The molecule has 21 heavy (non-hydrogen) atoms. The number of nitrogens with two attached hydrogens (primary N) is 1. The second kappa shape index (κ2) is 6.42. The first-order valence-electron chi connectivity index (χ1n) is 5.74. The number of alkyl halides is 3. The largest absolute Gasteiger partial charge is 0.405 e. The van der Waals surface area contributed by atoms with Gasteiger partial charge in [-0.05, 0) is 18.2 Å². The number of likely N-dealkylation sites (N-methyl/N-ethyl adjacent to an activating group) is 1. The molecule has 9 heteroatoms. The molecule has 1 aromatic carbocycles. The summed E-state index contributed by atoms with van der Waals surface area (Å²) in [6.07, 6.45) is -4.54. The number of carbonyl (C=O) groups excluding carboxylic acids is 2. The van der Waals surface area contributed by atoms with Crippen molar-refractivity contribution in [3.8, 4) is 0 Å². The number of amides is 2. The molecule has 0 aromatic heterocycles. The van der Waals surface area contributed by atoms with Crippen LogP contribution in [0.5, 0.6) is 0 Å². The lowest BCUT2D eigenvalue weighted by molar-refractivity contribution is -0.138. The number of hydrogen-bond donors (Lipinski definition) is 2. The standard InChI is InChI=1S/C12H13F4N3O2/c1-19(5-10(20)18-6-12(14,15)16)11(21)8-4-7(17)2-3-9(8)13/h2-4H,5-6,17H2,1H3,(H,18,20). The molecular formula is C12H13F4N3O2. The van der Waals surface area contributed by atoms with Crippen LogP contribution in [-0.4, -0.2) is 43.0 Å². The van der Waals surface area contributed by atoms with E-state index in [4.69, 9.17) is 5.73 Å². The Bertz CT molecular complexity index is 546. The molecule has 3 N–H and O–H groups in total. The highest BCUT2D eigenvalue weighted by Crippen LogP contribution is 2.14. The number of nitrogens with zero attached hydrogens (tertiary/aromatic N) is 1. The first-order valence-corrected chi connectivity index (χ1v) is 5.74. The van der Waals surface area contributed by atoms with Gasteiger partial charge in [-0.3, -0.25) is 9.59 Å². The third-order valence-corrected chi connectivity index (χ3v) is 2.43. The van der Waals surface area contributed by atoms with Crippen molar-refractivity contribution in [3.05, 3.63) is 29.6 Å². The summed E-state index contributed by atoms with van der Waals surface area (Å²) in [4.78, 5) is 23.9. The highest BCUT2D eigenvalue weighted by atomic mass is 19.4. The second-order valence-electron chi connectivity index (χ2n) is 4.29. The Morgan fingerprint density at radius 2 is 1.95 bits per heavy atom. The van der Waals surface area contributed by atoms with Crippen molar-refractivity contribution in [2.45, 2.75) is 6.18 Å². The third kappa shape index (κ3) is 5.28. The van der Waals surface area contributed by atoms with E-state index in [1.807, 2.05) is 0 Å². The molecule has 0 unspecified atom stereocenters. The third-order valence-electron chi connectivity index (χ3n) is 2.43. The Morgan fingerprint density at radius 1 is 1.33 bits per heavy atom. The zero-order valence-electron chi connectivity index (χ0n) is 11.0. The van der Waals surface area contributed by atoms with E-state index < -0.39 is 36.9 Å². The molecule has 0 atom stereocenters. The van der Waals surface area contributed by atoms with Crippen LogP contribution in [0.3, 0.4) is 0 Å². The summed E-state index contributed by atoms with van der Waals surface area (Å²) in [6, 6.07) is 3.32. The SMILES string of the molecule is CN(CC(=O)NCC(F)(F)F)C(=O)c1cc(N)ccc1F. The topological polar surface area (TPSA) is 75.4 Å². The lowest BCUT2D eigenvalue weighted by Gasteiger charge is -2.17. The number of halogens is 4. The van der Waals surface area contributed by atoms with E-state index in [0.717, 1.165) is 24.1 Å². The van der Waals surface area contributed by atoms with Crippen LogP contribution in [0.1, 0.15) is 10.4 Å². The summed E-state index contributed by atoms with van der Waals surface area (Å²) < 4.78 is 49.2. The van der Waals surface area contributed by atoms with Crippen LogP contribution in [-0.2, 0) is 4.79 Å². The fraction of sp³-hybridized carbons (Fsp3) is 0.333. The van der Waals surface area contributed by atoms with E-state index >= 15 is 0 Å². The zero-order valence-corrected chi connectivity index (χ0v) is 11.0. The molecule has 2 amide bonds. The van der Waals surface area contributed by atoms with Gasteiger partial charge in [0.2, 0.25) is 5.91 Å². The van der Waals surface area contributed by atoms with Crippen LogP contribution in [0, 0.1) is 5.82 Å². The Hall–Kier alpha value is -2.32. The fourth-order valence-corrected chi connectivity index (χ4v) is 1.45. The molecule has 1 aromatic rings. The molecule has 0 bridgehead atoms. The maximum absolute atomic E-state index is 13.5. The molecule has 116 valence electrons. The van der Waals surface area contributed by atoms with Crippen molar-refractivity contribution in [2.75, 3.05) is 25.9 Å². The first-order chi connectivity index (χ1) is 9.60.